The Bertz CT molecular complexity index is 971. The maximum atomic E-state index is 13.2. The van der Waals surface area contributed by atoms with E-state index in [9.17, 15) is 13.6 Å². The van der Waals surface area contributed by atoms with E-state index >= 15 is 0 Å². The summed E-state index contributed by atoms with van der Waals surface area (Å²) in [6.07, 6.45) is 5.87. The van der Waals surface area contributed by atoms with Crippen LogP contribution in [0.2, 0.25) is 0 Å². The Morgan fingerprint density at radius 2 is 1.75 bits per heavy atom. The fourth-order valence-electron chi connectivity index (χ4n) is 2.58. The molecule has 0 radical (unpaired) electrons. The second-order valence-corrected chi connectivity index (χ2v) is 6.12. The molecule has 0 bridgehead atoms. The Morgan fingerprint density at radius 1 is 1.04 bits per heavy atom. The fourth-order valence-corrected chi connectivity index (χ4v) is 2.58. The molecule has 1 unspecified atom stereocenters. The third-order valence-electron chi connectivity index (χ3n) is 3.91. The number of hydrogen-bond acceptors (Lipinski definition) is 3. The van der Waals surface area contributed by atoms with E-state index in [0.29, 0.717) is 11.5 Å². The van der Waals surface area contributed by atoms with Gasteiger partial charge in [-0.1, -0.05) is 12.1 Å². The molecule has 1 aromatic heterocycles. The van der Waals surface area contributed by atoms with Crippen LogP contribution in [0.15, 0.2) is 73.1 Å². The highest BCUT2D eigenvalue weighted by atomic mass is 19.1. The number of carbonyl (C=O) groups is 1. The van der Waals surface area contributed by atoms with Crippen molar-refractivity contribution in [1.82, 2.24) is 10.3 Å². The first-order chi connectivity index (χ1) is 13.5. The topological polar surface area (TPSA) is 51.2 Å². The first kappa shape index (κ1) is 19.2. The molecular formula is C22H18F2N2O2. The zero-order chi connectivity index (χ0) is 19.9. The first-order valence-corrected chi connectivity index (χ1v) is 8.62. The van der Waals surface area contributed by atoms with E-state index in [2.05, 4.69) is 10.3 Å². The van der Waals surface area contributed by atoms with Gasteiger partial charge >= 0.3 is 0 Å². The summed E-state index contributed by atoms with van der Waals surface area (Å²) in [5.41, 5.74) is 1.12. The van der Waals surface area contributed by atoms with Crippen molar-refractivity contribution >= 4 is 12.0 Å². The van der Waals surface area contributed by atoms with Gasteiger partial charge in [0.1, 0.15) is 23.1 Å². The standard InChI is InChI=1S/C22H18F2N2O2/c1-15(26-22(27)6-5-16-11-18(23)14-19(24)12-16)17-3-2-4-21(13-17)28-20-7-9-25-10-8-20/h2-15H,1H3,(H,26,27)/b6-5+. The lowest BCUT2D eigenvalue weighted by Crippen LogP contribution is -2.24. The SMILES string of the molecule is CC(NC(=O)/C=C/c1cc(F)cc(F)c1)c1cccc(Oc2ccncc2)c1. The van der Waals surface area contributed by atoms with Crippen LogP contribution in [0, 0.1) is 11.6 Å². The molecule has 1 heterocycles. The van der Waals surface area contributed by atoms with E-state index in [1.54, 1.807) is 24.5 Å². The summed E-state index contributed by atoms with van der Waals surface area (Å²) in [5, 5.41) is 2.81. The number of ether oxygens (including phenoxy) is 1. The van der Waals surface area contributed by atoms with E-state index < -0.39 is 11.6 Å². The van der Waals surface area contributed by atoms with Crippen LogP contribution in [0.25, 0.3) is 6.08 Å². The first-order valence-electron chi connectivity index (χ1n) is 8.62. The van der Waals surface area contributed by atoms with Gasteiger partial charge in [-0.25, -0.2) is 8.78 Å². The molecule has 4 nitrogen and oxygen atoms in total. The van der Waals surface area contributed by atoms with Crippen molar-refractivity contribution in [2.24, 2.45) is 0 Å². The normalized spacial score (nSPS) is 12.0. The number of aromatic nitrogens is 1. The van der Waals surface area contributed by atoms with Gasteiger partial charge in [0.2, 0.25) is 5.91 Å². The van der Waals surface area contributed by atoms with Crippen molar-refractivity contribution in [3.05, 3.63) is 95.8 Å². The third-order valence-corrected chi connectivity index (χ3v) is 3.91. The molecule has 1 amide bonds. The number of nitrogens with zero attached hydrogens (tertiary/aromatic N) is 1. The minimum atomic E-state index is -0.695. The molecule has 0 saturated heterocycles. The number of rotatable bonds is 6. The van der Waals surface area contributed by atoms with Gasteiger partial charge in [0.05, 0.1) is 6.04 Å². The summed E-state index contributed by atoms with van der Waals surface area (Å²) in [5.74, 6) is -0.471. The second kappa shape index (κ2) is 8.90. The van der Waals surface area contributed by atoms with Crippen LogP contribution < -0.4 is 10.1 Å². The van der Waals surface area contributed by atoms with E-state index in [4.69, 9.17) is 4.74 Å². The van der Waals surface area contributed by atoms with Crippen LogP contribution in [-0.4, -0.2) is 10.9 Å². The zero-order valence-corrected chi connectivity index (χ0v) is 15.1. The van der Waals surface area contributed by atoms with Crippen LogP contribution in [0.1, 0.15) is 24.1 Å². The fraction of sp³-hybridized carbons (Fsp3) is 0.0909. The average Bonchev–Trinajstić information content (AvgIpc) is 2.67. The van der Waals surface area contributed by atoms with Gasteiger partial charge < -0.3 is 10.1 Å². The van der Waals surface area contributed by atoms with Gasteiger partial charge in [0.15, 0.2) is 0 Å². The highest BCUT2D eigenvalue weighted by molar-refractivity contribution is 5.91. The van der Waals surface area contributed by atoms with Gasteiger partial charge in [-0.05, 0) is 60.5 Å². The molecule has 6 heteroatoms. The maximum Gasteiger partial charge on any atom is 0.244 e. The summed E-state index contributed by atoms with van der Waals surface area (Å²) in [7, 11) is 0. The number of hydrogen-bond donors (Lipinski definition) is 1. The predicted molar refractivity (Wildman–Crippen MR) is 103 cm³/mol. The largest absolute Gasteiger partial charge is 0.457 e. The van der Waals surface area contributed by atoms with Crippen LogP contribution in [0.4, 0.5) is 8.78 Å². The summed E-state index contributed by atoms with van der Waals surface area (Å²) in [6, 6.07) is 13.6. The molecule has 2 aromatic carbocycles. The summed E-state index contributed by atoms with van der Waals surface area (Å²) >= 11 is 0. The lowest BCUT2D eigenvalue weighted by atomic mass is 10.1. The van der Waals surface area contributed by atoms with E-state index in [1.807, 2.05) is 31.2 Å². The van der Waals surface area contributed by atoms with Gasteiger partial charge in [0.25, 0.3) is 0 Å². The molecule has 1 N–H and O–H groups in total. The molecule has 0 aliphatic carbocycles. The number of amides is 1. The van der Waals surface area contributed by atoms with Gasteiger partial charge in [-0.3, -0.25) is 9.78 Å². The zero-order valence-electron chi connectivity index (χ0n) is 15.1. The number of halogens is 2. The minimum Gasteiger partial charge on any atom is -0.457 e. The predicted octanol–water partition coefficient (Wildman–Crippen LogP) is 5.04. The molecule has 28 heavy (non-hydrogen) atoms. The number of benzene rings is 2. The molecule has 1 atom stereocenters. The quantitative estimate of drug-likeness (QED) is 0.610. The van der Waals surface area contributed by atoms with Crippen LogP contribution >= 0.6 is 0 Å². The second-order valence-electron chi connectivity index (χ2n) is 6.12. The van der Waals surface area contributed by atoms with E-state index in [0.717, 1.165) is 23.8 Å². The van der Waals surface area contributed by atoms with Crippen LogP contribution in [0.5, 0.6) is 11.5 Å². The third kappa shape index (κ3) is 5.48. The van der Waals surface area contributed by atoms with Gasteiger partial charge in [0, 0.05) is 24.5 Å². The number of nitrogens with one attached hydrogen (secondary N) is 1. The Morgan fingerprint density at radius 3 is 2.46 bits per heavy atom. The molecule has 3 aromatic rings. The summed E-state index contributed by atoms with van der Waals surface area (Å²) < 4.78 is 32.1. The Balaban J connectivity index is 1.63. The average molecular weight is 380 g/mol. The molecule has 0 aliphatic heterocycles. The number of carbonyl (C=O) groups excluding carboxylic acids is 1. The molecule has 0 aliphatic rings. The van der Waals surface area contributed by atoms with Crippen molar-refractivity contribution in [2.45, 2.75) is 13.0 Å². The van der Waals surface area contributed by atoms with E-state index in [1.165, 1.54) is 12.2 Å². The summed E-state index contributed by atoms with van der Waals surface area (Å²) in [6.45, 7) is 1.83. The maximum absolute atomic E-state index is 13.2. The monoisotopic (exact) mass is 380 g/mol. The molecule has 0 fully saturated rings. The summed E-state index contributed by atoms with van der Waals surface area (Å²) in [4.78, 5) is 16.1. The Kier molecular flexibility index (Phi) is 6.11. The van der Waals surface area contributed by atoms with Crippen molar-refractivity contribution in [1.29, 1.82) is 0 Å². The molecule has 142 valence electrons. The van der Waals surface area contributed by atoms with E-state index in [-0.39, 0.29) is 17.5 Å². The van der Waals surface area contributed by atoms with Crippen LogP contribution in [0.3, 0.4) is 0 Å². The molecular weight excluding hydrogens is 362 g/mol. The molecule has 3 rings (SSSR count). The van der Waals surface area contributed by atoms with Crippen LogP contribution in [-0.2, 0) is 4.79 Å². The van der Waals surface area contributed by atoms with Crippen molar-refractivity contribution in [3.63, 3.8) is 0 Å². The highest BCUT2D eigenvalue weighted by Gasteiger charge is 2.09. The Labute approximate surface area is 161 Å². The highest BCUT2D eigenvalue weighted by Crippen LogP contribution is 2.24. The molecule has 0 saturated carbocycles. The lowest BCUT2D eigenvalue weighted by molar-refractivity contribution is -0.117. The van der Waals surface area contributed by atoms with Crippen molar-refractivity contribution in [2.75, 3.05) is 0 Å². The lowest BCUT2D eigenvalue weighted by Gasteiger charge is -2.14. The smallest absolute Gasteiger partial charge is 0.244 e. The van der Waals surface area contributed by atoms with Crippen molar-refractivity contribution < 1.29 is 18.3 Å². The minimum absolute atomic E-state index is 0.271. The van der Waals surface area contributed by atoms with Gasteiger partial charge in [-0.2, -0.15) is 0 Å². The Hall–Kier alpha value is -3.54. The number of pyridine rings is 1. The van der Waals surface area contributed by atoms with Gasteiger partial charge in [-0.15, -0.1) is 0 Å². The van der Waals surface area contributed by atoms with Crippen molar-refractivity contribution in [3.8, 4) is 11.5 Å². The molecule has 0 spiro atoms.